The second kappa shape index (κ2) is 16.2. The fraction of sp³-hybridized carbons (Fsp3) is 0.310. The van der Waals surface area contributed by atoms with Gasteiger partial charge in [0.15, 0.2) is 23.0 Å². The van der Waals surface area contributed by atoms with Crippen LogP contribution in [0.2, 0.25) is 0 Å². The van der Waals surface area contributed by atoms with Crippen LogP contribution in [-0.2, 0) is 3.07 Å². The van der Waals surface area contributed by atoms with Gasteiger partial charge >= 0.3 is 3.98 Å². The number of fused-ring (bicyclic) bond motifs is 1. The number of benzene rings is 3. The lowest BCUT2D eigenvalue weighted by Gasteiger charge is -2.32. The number of hydrogen-bond donors (Lipinski definition) is 0. The van der Waals surface area contributed by atoms with Crippen LogP contribution in [0.1, 0.15) is 12.0 Å². The molecular weight excluding hydrogens is 754 g/mol. The molecule has 0 radical (unpaired) electrons. The molecule has 0 unspecified atom stereocenters. The molecule has 10 heteroatoms. The van der Waals surface area contributed by atoms with Gasteiger partial charge in [-0.1, -0.05) is 54.2 Å². The van der Waals surface area contributed by atoms with E-state index in [-0.39, 0.29) is 3.98 Å². The van der Waals surface area contributed by atoms with E-state index in [1.54, 1.807) is 11.8 Å². The van der Waals surface area contributed by atoms with Crippen molar-refractivity contribution in [2.75, 3.05) is 56.4 Å². The van der Waals surface area contributed by atoms with Crippen molar-refractivity contribution < 1.29 is 7.86 Å². The maximum Gasteiger partial charge on any atom is 0.376 e. The molecule has 0 bridgehead atoms. The topological polar surface area (TPSA) is 48.4 Å². The molecule has 2 aliphatic rings. The fourth-order valence-corrected chi connectivity index (χ4v) is 6.25. The first kappa shape index (κ1) is 30.6. The van der Waals surface area contributed by atoms with Crippen molar-refractivity contribution in [2.24, 2.45) is 4.99 Å². The molecule has 2 aliphatic heterocycles. The third kappa shape index (κ3) is 9.92. The third-order valence-corrected chi connectivity index (χ3v) is 9.97. The largest absolute Gasteiger partial charge is 0.387 e. The molecule has 3 aromatic carbocycles. The van der Waals surface area contributed by atoms with Gasteiger partial charge in [0, 0.05) is 61.2 Å². The molecule has 39 heavy (non-hydrogen) atoms. The average molecular weight is 787 g/mol. The van der Waals surface area contributed by atoms with Crippen LogP contribution in [0.25, 0.3) is 0 Å². The highest BCUT2D eigenvalue weighted by atomic mass is 127. The average Bonchev–Trinajstić information content (AvgIpc) is 3.15. The Morgan fingerprint density at radius 3 is 2.23 bits per heavy atom. The predicted molar refractivity (Wildman–Crippen MR) is 183 cm³/mol. The maximum atomic E-state index is 9.57. The lowest BCUT2D eigenvalue weighted by atomic mass is 10.1. The summed E-state index contributed by atoms with van der Waals surface area (Å²) in [7, 11) is 2.22. The molecule has 0 spiro atoms. The lowest BCUT2D eigenvalue weighted by Crippen LogP contribution is -2.45. The Hall–Kier alpha value is -1.32. The van der Waals surface area contributed by atoms with E-state index in [0.717, 1.165) is 31.0 Å². The van der Waals surface area contributed by atoms with E-state index in [9.17, 15) is 4.79 Å². The highest BCUT2D eigenvalue weighted by Crippen LogP contribution is 2.36. The summed E-state index contributed by atoms with van der Waals surface area (Å²) in [6.45, 7) is 6.84. The standard InChI is InChI=1S/C28H32N4S2.CI2O2/c1-30-17-19-31(20-18-30)21-22-33-32-16-15-26(29-27-9-5-6-10-28(27)32)23-11-13-25(14-12-23)34-24-7-3-2-4-8-24;2-1(4)5-3/h2-14H,15-22H2,1H3;. The smallest absolute Gasteiger partial charge is 0.376 e. The van der Waals surface area contributed by atoms with Crippen LogP contribution >= 0.6 is 69.3 Å². The van der Waals surface area contributed by atoms with Gasteiger partial charge in [-0.2, -0.15) is 0 Å². The Bertz CT molecular complexity index is 1220. The molecule has 0 atom stereocenters. The van der Waals surface area contributed by atoms with Crippen molar-refractivity contribution in [2.45, 2.75) is 16.2 Å². The van der Waals surface area contributed by atoms with E-state index in [1.807, 2.05) is 11.9 Å². The van der Waals surface area contributed by atoms with Crippen molar-refractivity contribution in [1.29, 1.82) is 0 Å². The summed E-state index contributed by atoms with van der Waals surface area (Å²) >= 11 is 6.81. The Kier molecular flexibility index (Phi) is 12.7. The molecule has 2 heterocycles. The molecule has 0 amide bonds. The number of piperazine rings is 1. The van der Waals surface area contributed by atoms with Crippen LogP contribution in [0, 0.1) is 0 Å². The summed E-state index contributed by atoms with van der Waals surface area (Å²) in [6.07, 6.45) is 0.946. The van der Waals surface area contributed by atoms with Gasteiger partial charge in [0.1, 0.15) is 0 Å². The maximum absolute atomic E-state index is 9.57. The Morgan fingerprint density at radius 2 is 1.54 bits per heavy atom. The molecule has 0 saturated carbocycles. The normalized spacial score (nSPS) is 15.9. The number of para-hydroxylation sites is 2. The van der Waals surface area contributed by atoms with E-state index >= 15 is 0 Å². The van der Waals surface area contributed by atoms with Crippen LogP contribution in [0.3, 0.4) is 0 Å². The van der Waals surface area contributed by atoms with E-state index in [4.69, 9.17) is 4.99 Å². The molecule has 1 fully saturated rings. The zero-order chi connectivity index (χ0) is 27.5. The first-order valence-electron chi connectivity index (χ1n) is 12.8. The number of anilines is 1. The molecule has 0 aromatic heterocycles. The summed E-state index contributed by atoms with van der Waals surface area (Å²) < 4.78 is 6.24. The first-order valence-corrected chi connectivity index (χ1v) is 16.5. The zero-order valence-electron chi connectivity index (χ0n) is 21.8. The Balaban J connectivity index is 0.000000648. The number of aliphatic imine (C=N–C) groups is 1. The van der Waals surface area contributed by atoms with Crippen LogP contribution in [0.5, 0.6) is 0 Å². The minimum atomic E-state index is -0.289. The van der Waals surface area contributed by atoms with Crippen molar-refractivity contribution in [3.63, 3.8) is 0 Å². The lowest BCUT2D eigenvalue weighted by molar-refractivity contribution is 0.161. The number of rotatable bonds is 7. The number of halogens is 2. The number of nitrogens with zero attached hydrogens (tertiary/aromatic N) is 4. The van der Waals surface area contributed by atoms with Crippen LogP contribution < -0.4 is 4.31 Å². The SMILES string of the molecule is CN1CCN(CCSN2CCC(c3ccc(Sc4ccccc4)cc3)=Nc3ccccc32)CC1.O=C(I)OI. The van der Waals surface area contributed by atoms with E-state index in [0.29, 0.717) is 0 Å². The molecule has 5 rings (SSSR count). The highest BCUT2D eigenvalue weighted by Gasteiger charge is 2.19. The van der Waals surface area contributed by atoms with Crippen LogP contribution in [0.15, 0.2) is 93.6 Å². The molecule has 1 saturated heterocycles. The second-order valence-electron chi connectivity index (χ2n) is 9.13. The Labute approximate surface area is 267 Å². The number of carbonyl (C=O) groups is 1. The van der Waals surface area contributed by atoms with E-state index in [1.165, 1.54) is 98.5 Å². The zero-order valence-corrected chi connectivity index (χ0v) is 27.8. The predicted octanol–water partition coefficient (Wildman–Crippen LogP) is 7.97. The van der Waals surface area contributed by atoms with Crippen molar-refractivity contribution in [3.05, 3.63) is 84.4 Å². The summed E-state index contributed by atoms with van der Waals surface area (Å²) in [6, 6.07) is 28.0. The van der Waals surface area contributed by atoms with Crippen molar-refractivity contribution >= 4 is 90.4 Å². The second-order valence-corrected chi connectivity index (χ2v) is 12.7. The summed E-state index contributed by atoms with van der Waals surface area (Å²) in [5.74, 6) is 1.11. The van der Waals surface area contributed by atoms with Gasteiger partial charge in [-0.05, 0) is 61.0 Å². The molecule has 0 N–H and O–H groups in total. The van der Waals surface area contributed by atoms with E-state index < -0.39 is 0 Å². The Morgan fingerprint density at radius 1 is 0.897 bits per heavy atom. The van der Waals surface area contributed by atoms with Crippen molar-refractivity contribution in [3.8, 4) is 0 Å². The molecule has 0 aliphatic carbocycles. The van der Waals surface area contributed by atoms with Gasteiger partial charge in [0.2, 0.25) is 0 Å². The van der Waals surface area contributed by atoms with E-state index in [2.05, 4.69) is 103 Å². The number of likely N-dealkylation sites (N-methyl/N-ethyl adjacent to an activating group) is 1. The minimum absolute atomic E-state index is 0.289. The molecule has 206 valence electrons. The summed E-state index contributed by atoms with van der Waals surface area (Å²) in [5, 5.41) is 0. The minimum Gasteiger partial charge on any atom is -0.387 e. The summed E-state index contributed by atoms with van der Waals surface area (Å²) in [4.78, 5) is 22.2. The highest BCUT2D eigenvalue weighted by molar-refractivity contribution is 14.1. The monoisotopic (exact) mass is 786 g/mol. The molecular formula is C29H32I2N4O2S2. The van der Waals surface area contributed by atoms with Gasteiger partial charge in [-0.25, -0.2) is 4.79 Å². The van der Waals surface area contributed by atoms with Gasteiger partial charge in [-0.15, -0.1) is 0 Å². The van der Waals surface area contributed by atoms with Gasteiger partial charge in [-0.3, -0.25) is 9.89 Å². The van der Waals surface area contributed by atoms with Gasteiger partial charge in [0.05, 0.1) is 39.7 Å². The molecule has 3 aromatic rings. The van der Waals surface area contributed by atoms with Gasteiger partial charge < -0.3 is 12.3 Å². The van der Waals surface area contributed by atoms with Crippen LogP contribution in [0.4, 0.5) is 16.2 Å². The third-order valence-electron chi connectivity index (χ3n) is 6.44. The van der Waals surface area contributed by atoms with Gasteiger partial charge in [0.25, 0.3) is 0 Å². The van der Waals surface area contributed by atoms with Crippen molar-refractivity contribution in [1.82, 2.24) is 9.80 Å². The summed E-state index contributed by atoms with van der Waals surface area (Å²) in [5.41, 5.74) is 4.70. The number of carbonyl (C=O) groups excluding carboxylic acids is 1. The first-order chi connectivity index (χ1) is 19.0. The fourth-order valence-electron chi connectivity index (χ4n) is 4.33. The molecule has 6 nitrogen and oxygen atoms in total. The quantitative estimate of drug-likeness (QED) is 0.137. The number of hydrogen-bond acceptors (Lipinski definition) is 8. The van der Waals surface area contributed by atoms with Crippen LogP contribution in [-0.4, -0.2) is 71.6 Å².